The van der Waals surface area contributed by atoms with Crippen LogP contribution in [0.1, 0.15) is 61.8 Å². The number of fused-ring (bicyclic) bond motifs is 1. The number of aromatic nitrogens is 1. The Kier molecular flexibility index (Phi) is 10.3. The minimum absolute atomic E-state index is 0.187. The Morgan fingerprint density at radius 2 is 1.51 bits per heavy atom. The third-order valence-corrected chi connectivity index (χ3v) is 7.70. The Bertz CT molecular complexity index is 1450. The minimum atomic E-state index is -1.44. The average molecular weight is 587 g/mol. The van der Waals surface area contributed by atoms with E-state index in [2.05, 4.69) is 49.4 Å². The number of nitrogens with one attached hydrogen (secondary N) is 1. The number of carbonyl (C=O) groups excluding carboxylic acids is 2. The molecule has 2 aromatic carbocycles. The molecule has 0 spiro atoms. The summed E-state index contributed by atoms with van der Waals surface area (Å²) in [7, 11) is 0. The summed E-state index contributed by atoms with van der Waals surface area (Å²) in [6, 6.07) is 15.3. The first kappa shape index (κ1) is 31.4. The molecule has 0 fully saturated rings. The molecule has 2 heterocycles. The van der Waals surface area contributed by atoms with E-state index in [4.69, 9.17) is 19.2 Å². The zero-order valence-corrected chi connectivity index (χ0v) is 25.8. The molecule has 0 saturated heterocycles. The maximum Gasteiger partial charge on any atom is 0.341 e. The smallest absolute Gasteiger partial charge is 0.341 e. The zero-order chi connectivity index (χ0) is 31.0. The number of amides is 1. The van der Waals surface area contributed by atoms with Crippen molar-refractivity contribution in [2.45, 2.75) is 40.2 Å². The molecule has 1 unspecified atom stereocenters. The van der Waals surface area contributed by atoms with E-state index in [-0.39, 0.29) is 19.1 Å². The number of pyridine rings is 1. The fourth-order valence-corrected chi connectivity index (χ4v) is 5.58. The molecule has 4 rings (SSSR count). The van der Waals surface area contributed by atoms with E-state index in [1.54, 1.807) is 18.3 Å². The lowest BCUT2D eigenvalue weighted by atomic mass is 9.81. The Morgan fingerprint density at radius 1 is 0.930 bits per heavy atom. The van der Waals surface area contributed by atoms with Crippen LogP contribution < -0.4 is 24.6 Å². The van der Waals surface area contributed by atoms with E-state index >= 15 is 0 Å². The number of cyclic esters (lactones) is 1. The molecular formula is C34H42N4O5. The van der Waals surface area contributed by atoms with E-state index in [0.29, 0.717) is 40.5 Å². The summed E-state index contributed by atoms with van der Waals surface area (Å²) in [5, 5.41) is 2.75. The van der Waals surface area contributed by atoms with Crippen LogP contribution in [0.25, 0.3) is 0 Å². The highest BCUT2D eigenvalue weighted by Crippen LogP contribution is 2.52. The van der Waals surface area contributed by atoms with Crippen LogP contribution in [0, 0.1) is 0 Å². The molecule has 43 heavy (non-hydrogen) atoms. The van der Waals surface area contributed by atoms with Crippen LogP contribution in [-0.2, 0) is 15.1 Å². The summed E-state index contributed by atoms with van der Waals surface area (Å²) >= 11 is 0. The maximum absolute atomic E-state index is 13.5. The van der Waals surface area contributed by atoms with Crippen molar-refractivity contribution in [2.75, 3.05) is 55.7 Å². The number of ether oxygens (including phenoxy) is 3. The van der Waals surface area contributed by atoms with Crippen LogP contribution >= 0.6 is 0 Å². The molecule has 1 aliphatic heterocycles. The largest absolute Gasteiger partial charge is 0.493 e. The second-order valence-corrected chi connectivity index (χ2v) is 9.95. The standard InChI is InChI=1S/C34H42N4O5/c1-7-31(39)35-20-21-42-30-23-25(38(10-4)11-5)16-18-28(30)34(32-26(33(40)43-34)14-13-19-36-32)27-17-15-24(37(8-2)9-3)22-29(27)41-12-6/h7,13-19,22-23H,1,8-12,20-21H2,2-6H3,(H,35,39). The number of carbonyl (C=O) groups is 2. The molecule has 1 atom stereocenters. The number of benzene rings is 2. The molecule has 1 N–H and O–H groups in total. The Labute approximate surface area is 254 Å². The second kappa shape index (κ2) is 14.1. The van der Waals surface area contributed by atoms with Crippen molar-refractivity contribution in [1.29, 1.82) is 0 Å². The number of hydrogen-bond donors (Lipinski definition) is 1. The van der Waals surface area contributed by atoms with Crippen molar-refractivity contribution in [3.63, 3.8) is 0 Å². The quantitative estimate of drug-likeness (QED) is 0.145. The lowest BCUT2D eigenvalue weighted by molar-refractivity contribution is -0.116. The molecular weight excluding hydrogens is 544 g/mol. The molecule has 9 nitrogen and oxygen atoms in total. The van der Waals surface area contributed by atoms with Gasteiger partial charge in [0, 0.05) is 67.0 Å². The van der Waals surface area contributed by atoms with E-state index in [9.17, 15) is 9.59 Å². The predicted molar refractivity (Wildman–Crippen MR) is 169 cm³/mol. The molecule has 0 bridgehead atoms. The number of esters is 1. The molecule has 228 valence electrons. The summed E-state index contributed by atoms with van der Waals surface area (Å²) in [4.78, 5) is 34.4. The van der Waals surface area contributed by atoms with Crippen molar-refractivity contribution in [3.8, 4) is 11.5 Å². The van der Waals surface area contributed by atoms with Gasteiger partial charge in [0.15, 0.2) is 0 Å². The Hall–Kier alpha value is -4.53. The van der Waals surface area contributed by atoms with Crippen molar-refractivity contribution in [3.05, 3.63) is 89.8 Å². The first-order chi connectivity index (χ1) is 20.9. The van der Waals surface area contributed by atoms with Gasteiger partial charge in [-0.2, -0.15) is 0 Å². The van der Waals surface area contributed by atoms with Gasteiger partial charge >= 0.3 is 5.97 Å². The topological polar surface area (TPSA) is 93.2 Å². The van der Waals surface area contributed by atoms with E-state index in [0.717, 1.165) is 37.6 Å². The van der Waals surface area contributed by atoms with Gasteiger partial charge < -0.3 is 29.3 Å². The Balaban J connectivity index is 1.97. The van der Waals surface area contributed by atoms with Crippen molar-refractivity contribution < 1.29 is 23.8 Å². The highest BCUT2D eigenvalue weighted by Gasteiger charge is 2.53. The van der Waals surface area contributed by atoms with Crippen molar-refractivity contribution in [1.82, 2.24) is 10.3 Å². The predicted octanol–water partition coefficient (Wildman–Crippen LogP) is 5.32. The van der Waals surface area contributed by atoms with Gasteiger partial charge in [0.05, 0.1) is 18.7 Å². The van der Waals surface area contributed by atoms with E-state index in [1.165, 1.54) is 6.08 Å². The van der Waals surface area contributed by atoms with Crippen molar-refractivity contribution >= 4 is 23.3 Å². The van der Waals surface area contributed by atoms with Crippen LogP contribution in [-0.4, -0.2) is 62.8 Å². The SMILES string of the molecule is C=CC(=O)NCCOc1cc(N(CC)CC)ccc1C1(c2ccc(N(CC)CC)cc2OCC)OC(=O)c2cccnc21. The summed E-state index contributed by atoms with van der Waals surface area (Å²) in [6.07, 6.45) is 2.88. The number of nitrogens with zero attached hydrogens (tertiary/aromatic N) is 3. The van der Waals surface area contributed by atoms with Crippen LogP contribution in [0.15, 0.2) is 67.4 Å². The van der Waals surface area contributed by atoms with Gasteiger partial charge in [-0.1, -0.05) is 6.58 Å². The summed E-state index contributed by atoms with van der Waals surface area (Å²) in [5.74, 6) is 0.346. The van der Waals surface area contributed by atoms with Gasteiger partial charge in [-0.05, 0) is 77.1 Å². The second-order valence-electron chi connectivity index (χ2n) is 9.95. The van der Waals surface area contributed by atoms with Gasteiger partial charge in [0.1, 0.15) is 23.8 Å². The van der Waals surface area contributed by atoms with Crippen LogP contribution in [0.2, 0.25) is 0 Å². The normalized spacial score (nSPS) is 15.3. The third-order valence-electron chi connectivity index (χ3n) is 7.70. The monoisotopic (exact) mass is 586 g/mol. The molecule has 1 aliphatic rings. The van der Waals surface area contributed by atoms with E-state index < -0.39 is 11.6 Å². The molecule has 1 aromatic heterocycles. The molecule has 1 amide bonds. The summed E-state index contributed by atoms with van der Waals surface area (Å²) < 4.78 is 19.0. The molecule has 0 aliphatic carbocycles. The first-order valence-corrected chi connectivity index (χ1v) is 15.0. The molecule has 9 heteroatoms. The first-order valence-electron chi connectivity index (χ1n) is 15.0. The lowest BCUT2D eigenvalue weighted by Gasteiger charge is -2.33. The molecule has 3 aromatic rings. The molecule has 0 saturated carbocycles. The van der Waals surface area contributed by atoms with Crippen LogP contribution in [0.4, 0.5) is 11.4 Å². The molecule has 0 radical (unpaired) electrons. The average Bonchev–Trinajstić information content (AvgIpc) is 3.33. The van der Waals surface area contributed by atoms with Gasteiger partial charge in [-0.3, -0.25) is 9.78 Å². The number of hydrogen-bond acceptors (Lipinski definition) is 8. The van der Waals surface area contributed by atoms with Gasteiger partial charge in [0.2, 0.25) is 11.5 Å². The summed E-state index contributed by atoms with van der Waals surface area (Å²) in [6.45, 7) is 18.0. The number of rotatable bonds is 15. The fourth-order valence-electron chi connectivity index (χ4n) is 5.58. The van der Waals surface area contributed by atoms with Crippen LogP contribution in [0.5, 0.6) is 11.5 Å². The highest BCUT2D eigenvalue weighted by molar-refractivity contribution is 5.96. The van der Waals surface area contributed by atoms with Gasteiger partial charge in [0.25, 0.3) is 0 Å². The highest BCUT2D eigenvalue weighted by atomic mass is 16.6. The van der Waals surface area contributed by atoms with Crippen LogP contribution in [0.3, 0.4) is 0 Å². The zero-order valence-electron chi connectivity index (χ0n) is 25.8. The third kappa shape index (κ3) is 6.16. The number of anilines is 2. The van der Waals surface area contributed by atoms with Gasteiger partial charge in [-0.25, -0.2) is 4.79 Å². The Morgan fingerprint density at radius 3 is 2.05 bits per heavy atom. The lowest BCUT2D eigenvalue weighted by Crippen LogP contribution is -2.33. The minimum Gasteiger partial charge on any atom is -0.493 e. The summed E-state index contributed by atoms with van der Waals surface area (Å²) in [5.41, 5.74) is 2.64. The maximum atomic E-state index is 13.5. The van der Waals surface area contributed by atoms with Gasteiger partial charge in [-0.15, -0.1) is 0 Å². The van der Waals surface area contributed by atoms with Crippen molar-refractivity contribution in [2.24, 2.45) is 0 Å². The fraction of sp³-hybridized carbons (Fsp3) is 0.382. The van der Waals surface area contributed by atoms with E-state index in [1.807, 2.05) is 43.3 Å².